The van der Waals surface area contributed by atoms with Crippen LogP contribution in [0, 0.1) is 5.92 Å². The lowest BCUT2D eigenvalue weighted by atomic mass is 9.82. The Hall–Kier alpha value is -1.78. The van der Waals surface area contributed by atoms with Gasteiger partial charge in [0.15, 0.2) is 5.78 Å². The standard InChI is InChI=1S/C14H19N3O2/c1-10(18)13(11-5-3-2-4-6-11)17-14(19)12-9-15-7-8-16-12/h7-9,11,13H,2-6H2,1H3,(H,17,19)/t13-/m1/s1. The van der Waals surface area contributed by atoms with E-state index in [1.54, 1.807) is 0 Å². The van der Waals surface area contributed by atoms with E-state index in [1.807, 2.05) is 0 Å². The van der Waals surface area contributed by atoms with Gasteiger partial charge in [0.25, 0.3) is 5.91 Å². The first kappa shape index (κ1) is 13.6. The van der Waals surface area contributed by atoms with Crippen LogP contribution >= 0.6 is 0 Å². The summed E-state index contributed by atoms with van der Waals surface area (Å²) in [4.78, 5) is 31.6. The van der Waals surface area contributed by atoms with E-state index >= 15 is 0 Å². The first-order valence-corrected chi connectivity index (χ1v) is 6.76. The Labute approximate surface area is 112 Å². The molecule has 5 heteroatoms. The molecular formula is C14H19N3O2. The van der Waals surface area contributed by atoms with Crippen molar-refractivity contribution < 1.29 is 9.59 Å². The summed E-state index contributed by atoms with van der Waals surface area (Å²) in [7, 11) is 0. The van der Waals surface area contributed by atoms with Crippen LogP contribution in [0.4, 0.5) is 0 Å². The number of Topliss-reactive ketones (excluding diaryl/α,β-unsaturated/α-hetero) is 1. The zero-order valence-electron chi connectivity index (χ0n) is 11.1. The Morgan fingerprint density at radius 3 is 2.58 bits per heavy atom. The van der Waals surface area contributed by atoms with E-state index in [1.165, 1.54) is 31.9 Å². The third kappa shape index (κ3) is 3.59. The van der Waals surface area contributed by atoms with Gasteiger partial charge in [0.2, 0.25) is 0 Å². The molecule has 1 aromatic heterocycles. The average molecular weight is 261 g/mol. The van der Waals surface area contributed by atoms with Crippen molar-refractivity contribution in [1.82, 2.24) is 15.3 Å². The van der Waals surface area contributed by atoms with E-state index in [0.29, 0.717) is 0 Å². The number of nitrogens with one attached hydrogen (secondary N) is 1. The molecule has 1 amide bonds. The fraction of sp³-hybridized carbons (Fsp3) is 0.571. The predicted molar refractivity (Wildman–Crippen MR) is 70.5 cm³/mol. The highest BCUT2D eigenvalue weighted by Gasteiger charge is 2.28. The molecule has 2 rings (SSSR count). The van der Waals surface area contributed by atoms with Crippen LogP contribution in [0.5, 0.6) is 0 Å². The summed E-state index contributed by atoms with van der Waals surface area (Å²) in [5.74, 6) is -0.0464. The quantitative estimate of drug-likeness (QED) is 0.896. The minimum absolute atomic E-state index is 0.0177. The number of nitrogens with zero attached hydrogens (tertiary/aromatic N) is 2. The lowest BCUT2D eigenvalue weighted by Crippen LogP contribution is -2.45. The highest BCUT2D eigenvalue weighted by Crippen LogP contribution is 2.27. The molecule has 1 aliphatic rings. The van der Waals surface area contributed by atoms with Gasteiger partial charge in [-0.25, -0.2) is 4.98 Å². The first-order chi connectivity index (χ1) is 9.18. The average Bonchev–Trinajstić information content (AvgIpc) is 2.46. The normalized spacial score (nSPS) is 17.7. The highest BCUT2D eigenvalue weighted by molar-refractivity contribution is 5.95. The number of amides is 1. The van der Waals surface area contributed by atoms with Crippen LogP contribution in [-0.2, 0) is 4.79 Å². The van der Waals surface area contributed by atoms with Crippen molar-refractivity contribution >= 4 is 11.7 Å². The molecule has 1 aliphatic carbocycles. The maximum atomic E-state index is 12.0. The molecule has 1 heterocycles. The lowest BCUT2D eigenvalue weighted by Gasteiger charge is -2.29. The third-order valence-electron chi connectivity index (χ3n) is 3.64. The Morgan fingerprint density at radius 2 is 2.00 bits per heavy atom. The van der Waals surface area contributed by atoms with E-state index in [4.69, 9.17) is 0 Å². The largest absolute Gasteiger partial charge is 0.341 e. The summed E-state index contributed by atoms with van der Waals surface area (Å²) in [5.41, 5.74) is 0.254. The van der Waals surface area contributed by atoms with Gasteiger partial charge in [-0.3, -0.25) is 14.6 Å². The van der Waals surface area contributed by atoms with Crippen molar-refractivity contribution in [2.45, 2.75) is 45.1 Å². The number of carbonyl (C=O) groups excluding carboxylic acids is 2. The van der Waals surface area contributed by atoms with E-state index in [9.17, 15) is 9.59 Å². The van der Waals surface area contributed by atoms with Gasteiger partial charge < -0.3 is 5.32 Å². The van der Waals surface area contributed by atoms with Gasteiger partial charge in [-0.15, -0.1) is 0 Å². The summed E-state index contributed by atoms with van der Waals surface area (Å²) in [6, 6.07) is -0.394. The van der Waals surface area contributed by atoms with Gasteiger partial charge in [-0.05, 0) is 25.7 Å². The van der Waals surface area contributed by atoms with Crippen LogP contribution < -0.4 is 5.32 Å². The van der Waals surface area contributed by atoms with Crippen molar-refractivity contribution in [3.05, 3.63) is 24.3 Å². The van der Waals surface area contributed by atoms with Crippen LogP contribution in [0.2, 0.25) is 0 Å². The maximum Gasteiger partial charge on any atom is 0.272 e. The minimum Gasteiger partial charge on any atom is -0.341 e. The SMILES string of the molecule is CC(=O)[C@@H](NC(=O)c1cnccn1)C1CCCCC1. The molecule has 1 aromatic rings. The highest BCUT2D eigenvalue weighted by atomic mass is 16.2. The van der Waals surface area contributed by atoms with Gasteiger partial charge in [-0.1, -0.05) is 19.3 Å². The molecule has 0 aliphatic heterocycles. The molecule has 1 saturated carbocycles. The summed E-state index contributed by atoms with van der Waals surface area (Å²) < 4.78 is 0. The lowest BCUT2D eigenvalue weighted by molar-refractivity contribution is -0.120. The summed E-state index contributed by atoms with van der Waals surface area (Å²) in [6.45, 7) is 1.54. The Kier molecular flexibility index (Phi) is 4.60. The van der Waals surface area contributed by atoms with Gasteiger partial charge in [-0.2, -0.15) is 0 Å². The molecule has 0 unspecified atom stereocenters. The topological polar surface area (TPSA) is 72.0 Å². The number of hydrogen-bond acceptors (Lipinski definition) is 4. The van der Waals surface area contributed by atoms with Crippen molar-refractivity contribution in [1.29, 1.82) is 0 Å². The molecular weight excluding hydrogens is 242 g/mol. The Bertz CT molecular complexity index is 441. The zero-order chi connectivity index (χ0) is 13.7. The smallest absolute Gasteiger partial charge is 0.272 e. The van der Waals surface area contributed by atoms with Crippen molar-refractivity contribution in [2.75, 3.05) is 0 Å². The second-order valence-corrected chi connectivity index (χ2v) is 5.05. The Morgan fingerprint density at radius 1 is 1.26 bits per heavy atom. The molecule has 0 radical (unpaired) electrons. The fourth-order valence-corrected chi connectivity index (χ4v) is 2.65. The molecule has 1 fully saturated rings. The minimum atomic E-state index is -0.394. The van der Waals surface area contributed by atoms with E-state index in [0.717, 1.165) is 25.7 Å². The zero-order valence-corrected chi connectivity index (χ0v) is 11.1. The summed E-state index contributed by atoms with van der Waals surface area (Å²) in [5, 5.41) is 2.81. The van der Waals surface area contributed by atoms with Crippen molar-refractivity contribution in [3.8, 4) is 0 Å². The van der Waals surface area contributed by atoms with E-state index < -0.39 is 6.04 Å². The molecule has 19 heavy (non-hydrogen) atoms. The monoisotopic (exact) mass is 261 g/mol. The second kappa shape index (κ2) is 6.41. The predicted octanol–water partition coefficient (Wildman–Crippen LogP) is 1.74. The maximum absolute atomic E-state index is 12.0. The van der Waals surface area contributed by atoms with Crippen molar-refractivity contribution in [2.24, 2.45) is 5.92 Å². The molecule has 1 N–H and O–H groups in total. The van der Waals surface area contributed by atoms with E-state index in [2.05, 4.69) is 15.3 Å². The van der Waals surface area contributed by atoms with Crippen LogP contribution in [0.3, 0.4) is 0 Å². The molecule has 0 spiro atoms. The van der Waals surface area contributed by atoms with Crippen LogP contribution in [0.1, 0.15) is 49.5 Å². The third-order valence-corrected chi connectivity index (χ3v) is 3.64. The molecule has 0 bridgehead atoms. The number of hydrogen-bond donors (Lipinski definition) is 1. The number of aromatic nitrogens is 2. The van der Waals surface area contributed by atoms with E-state index in [-0.39, 0.29) is 23.3 Å². The fourth-order valence-electron chi connectivity index (χ4n) is 2.65. The van der Waals surface area contributed by atoms with Crippen LogP contribution in [0.25, 0.3) is 0 Å². The summed E-state index contributed by atoms with van der Waals surface area (Å²) in [6.07, 6.45) is 9.90. The molecule has 0 aromatic carbocycles. The molecule has 5 nitrogen and oxygen atoms in total. The van der Waals surface area contributed by atoms with Gasteiger partial charge in [0, 0.05) is 12.4 Å². The van der Waals surface area contributed by atoms with Crippen molar-refractivity contribution in [3.63, 3.8) is 0 Å². The van der Waals surface area contributed by atoms with Crippen LogP contribution in [0.15, 0.2) is 18.6 Å². The summed E-state index contributed by atoms with van der Waals surface area (Å²) >= 11 is 0. The Balaban J connectivity index is 2.04. The van der Waals surface area contributed by atoms with Crippen LogP contribution in [-0.4, -0.2) is 27.7 Å². The number of carbonyl (C=O) groups is 2. The van der Waals surface area contributed by atoms with Gasteiger partial charge in [0.05, 0.1) is 12.2 Å². The van der Waals surface area contributed by atoms with Gasteiger partial charge in [0.1, 0.15) is 5.69 Å². The molecule has 1 atom stereocenters. The number of ketones is 1. The number of rotatable bonds is 4. The van der Waals surface area contributed by atoms with Gasteiger partial charge >= 0.3 is 0 Å². The first-order valence-electron chi connectivity index (χ1n) is 6.76. The second-order valence-electron chi connectivity index (χ2n) is 5.05. The molecule has 0 saturated heterocycles. The molecule has 102 valence electrons.